The van der Waals surface area contributed by atoms with Gasteiger partial charge < -0.3 is 0 Å². The molecule has 6 aromatic carbocycles. The summed E-state index contributed by atoms with van der Waals surface area (Å²) in [7, 11) is 0. The van der Waals surface area contributed by atoms with Gasteiger partial charge in [0.05, 0.1) is 11.4 Å². The zero-order chi connectivity index (χ0) is 31.5. The molecule has 0 radical (unpaired) electrons. The first-order chi connectivity index (χ1) is 23.1. The second kappa shape index (κ2) is 10.6. The lowest BCUT2D eigenvalue weighted by atomic mass is 9.81. The van der Waals surface area contributed by atoms with Crippen molar-refractivity contribution in [2.24, 2.45) is 0 Å². The van der Waals surface area contributed by atoms with E-state index in [4.69, 9.17) is 9.97 Å². The summed E-state index contributed by atoms with van der Waals surface area (Å²) >= 11 is 0. The molecule has 0 unspecified atom stereocenters. The van der Waals surface area contributed by atoms with Gasteiger partial charge in [-0.3, -0.25) is 4.98 Å². The van der Waals surface area contributed by atoms with Crippen molar-refractivity contribution in [3.05, 3.63) is 163 Å². The van der Waals surface area contributed by atoms with Crippen LogP contribution in [0.5, 0.6) is 0 Å². The van der Waals surface area contributed by atoms with Crippen LogP contribution in [0.3, 0.4) is 0 Å². The van der Waals surface area contributed by atoms with Crippen LogP contribution in [0, 0.1) is 0 Å². The SMILES string of the molecule is CC1(C)c2ccccc2-c2c(-c3ccc(-c4cc(-c5ccc6ccncc6c5)nc(-c5ccccc5)n4)c4ccccc34)cccc21. The van der Waals surface area contributed by atoms with Crippen molar-refractivity contribution < 1.29 is 0 Å². The fraction of sp³-hybridized carbons (Fsp3) is 0.0682. The molecule has 0 N–H and O–H groups in total. The second-order valence-corrected chi connectivity index (χ2v) is 12.9. The van der Waals surface area contributed by atoms with Crippen molar-refractivity contribution in [3.8, 4) is 56.2 Å². The van der Waals surface area contributed by atoms with Crippen molar-refractivity contribution in [1.82, 2.24) is 15.0 Å². The van der Waals surface area contributed by atoms with Gasteiger partial charge in [0.15, 0.2) is 5.82 Å². The third-order valence-corrected chi connectivity index (χ3v) is 9.79. The second-order valence-electron chi connectivity index (χ2n) is 12.9. The van der Waals surface area contributed by atoms with Gasteiger partial charge in [0, 0.05) is 39.9 Å². The van der Waals surface area contributed by atoms with E-state index in [2.05, 4.69) is 134 Å². The molecule has 3 nitrogen and oxygen atoms in total. The minimum absolute atomic E-state index is 0.0539. The molecular weight excluding hydrogens is 571 g/mol. The van der Waals surface area contributed by atoms with E-state index in [1.54, 1.807) is 0 Å². The summed E-state index contributed by atoms with van der Waals surface area (Å²) in [5.41, 5.74) is 12.8. The van der Waals surface area contributed by atoms with Crippen LogP contribution < -0.4 is 0 Å². The van der Waals surface area contributed by atoms with E-state index < -0.39 is 0 Å². The topological polar surface area (TPSA) is 38.7 Å². The molecule has 3 heteroatoms. The molecule has 9 rings (SSSR count). The third-order valence-electron chi connectivity index (χ3n) is 9.79. The Bertz CT molecular complexity index is 2490. The molecule has 2 heterocycles. The highest BCUT2D eigenvalue weighted by atomic mass is 14.9. The lowest BCUT2D eigenvalue weighted by Gasteiger charge is -2.22. The Kier molecular flexibility index (Phi) is 6.16. The van der Waals surface area contributed by atoms with Gasteiger partial charge >= 0.3 is 0 Å². The Labute approximate surface area is 274 Å². The van der Waals surface area contributed by atoms with Gasteiger partial charge in [-0.1, -0.05) is 135 Å². The smallest absolute Gasteiger partial charge is 0.160 e. The van der Waals surface area contributed by atoms with E-state index in [1.807, 2.05) is 36.7 Å². The normalized spacial score (nSPS) is 13.1. The van der Waals surface area contributed by atoms with Gasteiger partial charge in [0.2, 0.25) is 0 Å². The molecule has 2 aromatic heterocycles. The maximum atomic E-state index is 5.20. The Morgan fingerprint density at radius 3 is 2.04 bits per heavy atom. The minimum Gasteiger partial charge on any atom is -0.264 e. The Morgan fingerprint density at radius 2 is 1.17 bits per heavy atom. The molecule has 0 aliphatic heterocycles. The lowest BCUT2D eigenvalue weighted by molar-refractivity contribution is 0.660. The molecule has 0 bridgehead atoms. The number of pyridine rings is 1. The van der Waals surface area contributed by atoms with Gasteiger partial charge in [0.25, 0.3) is 0 Å². The Hall–Kier alpha value is -5.93. The quantitative estimate of drug-likeness (QED) is 0.201. The number of hydrogen-bond acceptors (Lipinski definition) is 3. The van der Waals surface area contributed by atoms with Gasteiger partial charge in [-0.25, -0.2) is 9.97 Å². The molecule has 222 valence electrons. The highest BCUT2D eigenvalue weighted by molar-refractivity contribution is 6.08. The predicted molar refractivity (Wildman–Crippen MR) is 194 cm³/mol. The Balaban J connectivity index is 1.26. The summed E-state index contributed by atoms with van der Waals surface area (Å²) in [5, 5.41) is 4.61. The van der Waals surface area contributed by atoms with E-state index in [0.717, 1.165) is 38.9 Å². The van der Waals surface area contributed by atoms with Crippen LogP contribution in [-0.2, 0) is 5.41 Å². The first-order valence-electron chi connectivity index (χ1n) is 16.1. The van der Waals surface area contributed by atoms with Crippen molar-refractivity contribution in [3.63, 3.8) is 0 Å². The molecule has 0 spiro atoms. The van der Waals surface area contributed by atoms with E-state index in [-0.39, 0.29) is 5.41 Å². The lowest BCUT2D eigenvalue weighted by Crippen LogP contribution is -2.14. The predicted octanol–water partition coefficient (Wildman–Crippen LogP) is 11.2. The monoisotopic (exact) mass is 601 g/mol. The van der Waals surface area contributed by atoms with E-state index in [9.17, 15) is 0 Å². The zero-order valence-corrected chi connectivity index (χ0v) is 26.3. The average molecular weight is 602 g/mol. The van der Waals surface area contributed by atoms with Crippen molar-refractivity contribution in [2.45, 2.75) is 19.3 Å². The summed E-state index contributed by atoms with van der Waals surface area (Å²) in [6.45, 7) is 4.68. The van der Waals surface area contributed by atoms with Gasteiger partial charge in [-0.05, 0) is 67.7 Å². The zero-order valence-electron chi connectivity index (χ0n) is 26.3. The number of rotatable bonds is 4. The van der Waals surface area contributed by atoms with Crippen molar-refractivity contribution in [1.29, 1.82) is 0 Å². The molecule has 0 fully saturated rings. The van der Waals surface area contributed by atoms with Crippen LogP contribution in [-0.4, -0.2) is 15.0 Å². The fourth-order valence-electron chi connectivity index (χ4n) is 7.43. The standard InChI is InChI=1S/C44H31N3/c1-44(2)38-17-9-8-15-37(38)42-36(16-10-18-39(42)44)34-21-22-35(33-14-7-6-13-32(33)34)41-26-40(46-43(47-41)29-11-4-3-5-12-29)30-20-19-28-23-24-45-27-31(28)25-30/h3-27H,1-2H3. The van der Waals surface area contributed by atoms with Crippen LogP contribution in [0.1, 0.15) is 25.0 Å². The average Bonchev–Trinajstić information content (AvgIpc) is 3.37. The highest BCUT2D eigenvalue weighted by Crippen LogP contribution is 2.52. The van der Waals surface area contributed by atoms with Crippen LogP contribution in [0.15, 0.2) is 152 Å². The summed E-state index contributed by atoms with van der Waals surface area (Å²) in [6.07, 6.45) is 3.74. The summed E-state index contributed by atoms with van der Waals surface area (Å²) in [4.78, 5) is 14.6. The number of aromatic nitrogens is 3. The summed E-state index contributed by atoms with van der Waals surface area (Å²) in [6, 6.07) is 49.8. The molecule has 1 aliphatic carbocycles. The highest BCUT2D eigenvalue weighted by Gasteiger charge is 2.36. The molecule has 0 saturated carbocycles. The molecule has 8 aromatic rings. The van der Waals surface area contributed by atoms with Crippen LogP contribution in [0.4, 0.5) is 0 Å². The largest absolute Gasteiger partial charge is 0.264 e. The number of benzene rings is 6. The van der Waals surface area contributed by atoms with Gasteiger partial charge in [-0.15, -0.1) is 0 Å². The first-order valence-corrected chi connectivity index (χ1v) is 16.1. The Morgan fingerprint density at radius 1 is 0.468 bits per heavy atom. The third kappa shape index (κ3) is 4.39. The minimum atomic E-state index is -0.0539. The number of fused-ring (bicyclic) bond motifs is 5. The molecular formula is C44H31N3. The van der Waals surface area contributed by atoms with Gasteiger partial charge in [0.1, 0.15) is 0 Å². The molecule has 47 heavy (non-hydrogen) atoms. The first kappa shape index (κ1) is 27.4. The van der Waals surface area contributed by atoms with Crippen molar-refractivity contribution in [2.75, 3.05) is 0 Å². The number of hydrogen-bond donors (Lipinski definition) is 0. The summed E-state index contributed by atoms with van der Waals surface area (Å²) < 4.78 is 0. The maximum absolute atomic E-state index is 5.20. The van der Waals surface area contributed by atoms with E-state index in [0.29, 0.717) is 5.82 Å². The fourth-order valence-corrected chi connectivity index (χ4v) is 7.43. The van der Waals surface area contributed by atoms with Crippen LogP contribution >= 0.6 is 0 Å². The maximum Gasteiger partial charge on any atom is 0.160 e. The number of nitrogens with zero attached hydrogens (tertiary/aromatic N) is 3. The summed E-state index contributed by atoms with van der Waals surface area (Å²) in [5.74, 6) is 0.706. The van der Waals surface area contributed by atoms with Gasteiger partial charge in [-0.2, -0.15) is 0 Å². The van der Waals surface area contributed by atoms with Crippen LogP contribution in [0.25, 0.3) is 77.7 Å². The molecule has 0 atom stereocenters. The van der Waals surface area contributed by atoms with Crippen LogP contribution in [0.2, 0.25) is 0 Å². The van der Waals surface area contributed by atoms with E-state index in [1.165, 1.54) is 44.2 Å². The molecule has 1 aliphatic rings. The molecule has 0 amide bonds. The van der Waals surface area contributed by atoms with E-state index >= 15 is 0 Å². The molecule has 0 saturated heterocycles. The van der Waals surface area contributed by atoms with Crippen molar-refractivity contribution >= 4 is 21.5 Å².